The monoisotopic (exact) mass is 223 g/mol. The maximum atomic E-state index is 5.35. The van der Waals surface area contributed by atoms with Crippen LogP contribution >= 0.6 is 0 Å². The Kier molecular flexibility index (Phi) is 5.05. The predicted octanol–water partition coefficient (Wildman–Crippen LogP) is 2.21. The third-order valence-corrected chi connectivity index (χ3v) is 2.17. The molecule has 16 heavy (non-hydrogen) atoms. The van der Waals surface area contributed by atoms with Gasteiger partial charge in [-0.1, -0.05) is 6.08 Å². The van der Waals surface area contributed by atoms with E-state index >= 15 is 0 Å². The van der Waals surface area contributed by atoms with Gasteiger partial charge in [-0.2, -0.15) is 0 Å². The Balaban J connectivity index is 2.60. The van der Waals surface area contributed by atoms with Crippen molar-refractivity contribution in [1.82, 2.24) is 9.55 Å². The van der Waals surface area contributed by atoms with Crippen molar-refractivity contribution in [1.29, 1.82) is 0 Å². The third kappa shape index (κ3) is 3.70. The normalized spacial score (nSPS) is 12.4. The maximum Gasteiger partial charge on any atom is 0.203 e. The van der Waals surface area contributed by atoms with Crippen LogP contribution in [0.5, 0.6) is 0 Å². The fraction of sp³-hybridized carbons (Fsp3) is 0.583. The molecule has 4 heteroatoms. The molecule has 0 aromatic carbocycles. The van der Waals surface area contributed by atoms with E-state index in [1.54, 1.807) is 0 Å². The van der Waals surface area contributed by atoms with Gasteiger partial charge in [-0.15, -0.1) is 6.58 Å². The van der Waals surface area contributed by atoms with Crippen LogP contribution < -0.4 is 5.32 Å². The lowest BCUT2D eigenvalue weighted by Crippen LogP contribution is -2.23. The highest BCUT2D eigenvalue weighted by Gasteiger charge is 2.08. The second-order valence-corrected chi connectivity index (χ2v) is 3.85. The van der Waals surface area contributed by atoms with Gasteiger partial charge in [-0.05, 0) is 20.8 Å². The number of imidazole rings is 1. The van der Waals surface area contributed by atoms with Gasteiger partial charge in [0.15, 0.2) is 0 Å². The minimum Gasteiger partial charge on any atom is -0.380 e. The van der Waals surface area contributed by atoms with Crippen LogP contribution in [0.1, 0.15) is 19.5 Å². The molecule has 1 heterocycles. The minimum atomic E-state index is 0.255. The van der Waals surface area contributed by atoms with Crippen molar-refractivity contribution in [3.05, 3.63) is 24.5 Å². The van der Waals surface area contributed by atoms with E-state index in [0.717, 1.165) is 24.8 Å². The zero-order valence-electron chi connectivity index (χ0n) is 10.4. The van der Waals surface area contributed by atoms with Crippen molar-refractivity contribution in [2.24, 2.45) is 0 Å². The predicted molar refractivity (Wildman–Crippen MR) is 66.7 cm³/mol. The summed E-state index contributed by atoms with van der Waals surface area (Å²) in [6.07, 6.45) is 3.87. The maximum absolute atomic E-state index is 5.35. The summed E-state index contributed by atoms with van der Waals surface area (Å²) in [5, 5.41) is 3.33. The first-order valence-corrected chi connectivity index (χ1v) is 5.66. The molecule has 0 aliphatic rings. The highest BCUT2D eigenvalue weighted by atomic mass is 16.5. The number of ether oxygens (including phenoxy) is 1. The standard InChI is InChI=1S/C12H21N3O/c1-5-7-15-8-10(3)13-12(15)14-11(4)9-16-6-2/h5,8,11H,1,6-7,9H2,2-4H3,(H,13,14). The first-order valence-electron chi connectivity index (χ1n) is 5.66. The average Bonchev–Trinajstić information content (AvgIpc) is 2.56. The zero-order chi connectivity index (χ0) is 12.0. The van der Waals surface area contributed by atoms with Gasteiger partial charge in [0.2, 0.25) is 5.95 Å². The van der Waals surface area contributed by atoms with E-state index in [2.05, 4.69) is 23.8 Å². The Hall–Kier alpha value is -1.29. The molecule has 4 nitrogen and oxygen atoms in total. The van der Waals surface area contributed by atoms with Crippen LogP contribution in [0.4, 0.5) is 5.95 Å². The number of hydrogen-bond donors (Lipinski definition) is 1. The Morgan fingerprint density at radius 1 is 1.69 bits per heavy atom. The van der Waals surface area contributed by atoms with Crippen LogP contribution in [0.25, 0.3) is 0 Å². The summed E-state index contributed by atoms with van der Waals surface area (Å²) in [6, 6.07) is 0.255. The van der Waals surface area contributed by atoms with E-state index in [1.807, 2.05) is 30.7 Å². The molecular weight excluding hydrogens is 202 g/mol. The topological polar surface area (TPSA) is 39.1 Å². The quantitative estimate of drug-likeness (QED) is 0.720. The van der Waals surface area contributed by atoms with Crippen LogP contribution in [0.15, 0.2) is 18.9 Å². The van der Waals surface area contributed by atoms with Gasteiger partial charge in [0.25, 0.3) is 0 Å². The average molecular weight is 223 g/mol. The molecule has 1 N–H and O–H groups in total. The van der Waals surface area contributed by atoms with Gasteiger partial charge in [-0.3, -0.25) is 0 Å². The van der Waals surface area contributed by atoms with Gasteiger partial charge in [0.05, 0.1) is 12.3 Å². The largest absolute Gasteiger partial charge is 0.380 e. The molecule has 1 aromatic rings. The summed E-state index contributed by atoms with van der Waals surface area (Å²) < 4.78 is 7.40. The van der Waals surface area contributed by atoms with Crippen molar-refractivity contribution >= 4 is 5.95 Å². The molecule has 90 valence electrons. The second kappa shape index (κ2) is 6.33. The summed E-state index contributed by atoms with van der Waals surface area (Å²) in [4.78, 5) is 4.43. The molecule has 0 bridgehead atoms. The lowest BCUT2D eigenvalue weighted by Gasteiger charge is -2.15. The summed E-state index contributed by atoms with van der Waals surface area (Å²) in [5.41, 5.74) is 1.01. The molecule has 1 unspecified atom stereocenters. The fourth-order valence-electron chi connectivity index (χ4n) is 1.50. The molecular formula is C12H21N3O. The zero-order valence-corrected chi connectivity index (χ0v) is 10.4. The van der Waals surface area contributed by atoms with E-state index in [9.17, 15) is 0 Å². The van der Waals surface area contributed by atoms with Crippen LogP contribution in [-0.4, -0.2) is 28.8 Å². The number of nitrogens with zero attached hydrogens (tertiary/aromatic N) is 2. The van der Waals surface area contributed by atoms with Gasteiger partial charge < -0.3 is 14.6 Å². The van der Waals surface area contributed by atoms with E-state index < -0.39 is 0 Å². The van der Waals surface area contributed by atoms with Crippen molar-refractivity contribution in [3.8, 4) is 0 Å². The van der Waals surface area contributed by atoms with Crippen molar-refractivity contribution in [2.75, 3.05) is 18.5 Å². The summed E-state index contributed by atoms with van der Waals surface area (Å²) in [6.45, 7) is 12.0. The highest BCUT2D eigenvalue weighted by molar-refractivity contribution is 5.30. The lowest BCUT2D eigenvalue weighted by molar-refractivity contribution is 0.141. The van der Waals surface area contributed by atoms with Crippen molar-refractivity contribution in [2.45, 2.75) is 33.4 Å². The van der Waals surface area contributed by atoms with Gasteiger partial charge >= 0.3 is 0 Å². The molecule has 0 aliphatic carbocycles. The first-order chi connectivity index (χ1) is 7.67. The number of nitrogens with one attached hydrogen (secondary N) is 1. The first kappa shape index (κ1) is 12.8. The minimum absolute atomic E-state index is 0.255. The van der Waals surface area contributed by atoms with Crippen LogP contribution in [0.2, 0.25) is 0 Å². The summed E-state index contributed by atoms with van der Waals surface area (Å²) >= 11 is 0. The van der Waals surface area contributed by atoms with E-state index in [-0.39, 0.29) is 6.04 Å². The smallest absolute Gasteiger partial charge is 0.203 e. The van der Waals surface area contributed by atoms with Crippen molar-refractivity contribution in [3.63, 3.8) is 0 Å². The van der Waals surface area contributed by atoms with Gasteiger partial charge in [-0.25, -0.2) is 4.98 Å². The third-order valence-electron chi connectivity index (χ3n) is 2.17. The fourth-order valence-corrected chi connectivity index (χ4v) is 1.50. The molecule has 0 amide bonds. The summed E-state index contributed by atoms with van der Waals surface area (Å²) in [7, 11) is 0. The van der Waals surface area contributed by atoms with E-state index in [1.165, 1.54) is 0 Å². The molecule has 0 spiro atoms. The summed E-state index contributed by atoms with van der Waals surface area (Å²) in [5.74, 6) is 0.879. The molecule has 0 aliphatic heterocycles. The number of hydrogen-bond acceptors (Lipinski definition) is 3. The molecule has 0 saturated carbocycles. The Morgan fingerprint density at radius 2 is 2.44 bits per heavy atom. The number of aryl methyl sites for hydroxylation is 1. The van der Waals surface area contributed by atoms with Crippen LogP contribution in [0, 0.1) is 6.92 Å². The highest BCUT2D eigenvalue weighted by Crippen LogP contribution is 2.09. The Morgan fingerprint density at radius 3 is 3.06 bits per heavy atom. The van der Waals surface area contributed by atoms with Gasteiger partial charge in [0.1, 0.15) is 0 Å². The molecule has 1 aromatic heterocycles. The van der Waals surface area contributed by atoms with Gasteiger partial charge in [0, 0.05) is 25.4 Å². The SMILES string of the molecule is C=CCn1cc(C)nc1NC(C)COCC. The van der Waals surface area contributed by atoms with E-state index in [4.69, 9.17) is 4.74 Å². The second-order valence-electron chi connectivity index (χ2n) is 3.85. The molecule has 1 atom stereocenters. The number of rotatable bonds is 7. The molecule has 0 saturated heterocycles. The Labute approximate surface area is 97.3 Å². The molecule has 0 fully saturated rings. The molecule has 1 rings (SSSR count). The lowest BCUT2D eigenvalue weighted by atomic mass is 10.4. The number of allylic oxidation sites excluding steroid dienone is 1. The number of anilines is 1. The van der Waals surface area contributed by atoms with Crippen molar-refractivity contribution < 1.29 is 4.74 Å². The van der Waals surface area contributed by atoms with Crippen LogP contribution in [0.3, 0.4) is 0 Å². The van der Waals surface area contributed by atoms with Crippen LogP contribution in [-0.2, 0) is 11.3 Å². The van der Waals surface area contributed by atoms with E-state index in [0.29, 0.717) is 6.61 Å². The Bertz CT molecular complexity index is 333. The molecule has 0 radical (unpaired) electrons. The number of aromatic nitrogens is 2.